The number of hydrogen-bond acceptors (Lipinski definition) is 6. The summed E-state index contributed by atoms with van der Waals surface area (Å²) in [6, 6.07) is 18.4. The van der Waals surface area contributed by atoms with Crippen molar-refractivity contribution in [1.82, 2.24) is 0 Å². The van der Waals surface area contributed by atoms with Crippen molar-refractivity contribution < 1.29 is 24.0 Å². The van der Waals surface area contributed by atoms with Crippen molar-refractivity contribution in [2.24, 2.45) is 0 Å². The fraction of sp³-hybridized carbons (Fsp3) is 0.391. The Hall–Kier alpha value is -3.22. The fourth-order valence-corrected chi connectivity index (χ4v) is 3.08. The number of nitro groups is 1. The van der Waals surface area contributed by atoms with Gasteiger partial charge in [0.15, 0.2) is 0 Å². The maximum atomic E-state index is 12.1. The molecule has 0 aliphatic carbocycles. The number of nitrogens with zero attached hydrogens (tertiary/aromatic N) is 1. The molecule has 0 radical (unpaired) electrons. The molecule has 0 saturated heterocycles. The van der Waals surface area contributed by atoms with Crippen LogP contribution in [0.25, 0.3) is 0 Å². The van der Waals surface area contributed by atoms with Gasteiger partial charge in [0.05, 0.1) is 12.8 Å². The van der Waals surface area contributed by atoms with E-state index in [9.17, 15) is 19.7 Å². The minimum atomic E-state index is -1.36. The molecule has 0 aliphatic heterocycles. The molecule has 0 N–H and O–H groups in total. The normalized spacial score (nSPS) is 11.0. The molecule has 7 nitrogen and oxygen atoms in total. The zero-order chi connectivity index (χ0) is 21.8. The van der Waals surface area contributed by atoms with Crippen LogP contribution < -0.4 is 0 Å². The lowest BCUT2D eigenvalue weighted by Crippen LogP contribution is -2.39. The highest BCUT2D eigenvalue weighted by Crippen LogP contribution is 2.28. The lowest BCUT2D eigenvalue weighted by Gasteiger charge is -2.23. The highest BCUT2D eigenvalue weighted by atomic mass is 16.6. The molecule has 0 aromatic heterocycles. The summed E-state index contributed by atoms with van der Waals surface area (Å²) in [6.45, 7) is 1.94. The summed E-state index contributed by atoms with van der Waals surface area (Å²) in [5, 5.41) is 11.7. The maximum absolute atomic E-state index is 12.1. The predicted octanol–water partition coefficient (Wildman–Crippen LogP) is 4.46. The van der Waals surface area contributed by atoms with Crippen molar-refractivity contribution in [1.29, 1.82) is 0 Å². The highest BCUT2D eigenvalue weighted by molar-refractivity contribution is 5.70. The standard InChI is InChI=1S/C23H27NO6/c1-2-23(24(27)28,15-13-21(25)29-17-19-9-5-3-6-10-19)16-14-22(26)30-18-20-11-7-4-8-12-20/h3-12H,2,13-18H2,1H3. The van der Waals surface area contributed by atoms with Gasteiger partial charge in [0.25, 0.3) is 0 Å². The number of hydrogen-bond donors (Lipinski definition) is 0. The molecule has 30 heavy (non-hydrogen) atoms. The second-order valence-electron chi connectivity index (χ2n) is 7.13. The van der Waals surface area contributed by atoms with Gasteiger partial charge in [-0.25, -0.2) is 0 Å². The van der Waals surface area contributed by atoms with Gasteiger partial charge in [0.1, 0.15) is 13.2 Å². The lowest BCUT2D eigenvalue weighted by atomic mass is 9.86. The Morgan fingerprint density at radius 1 is 0.833 bits per heavy atom. The van der Waals surface area contributed by atoms with Crippen LogP contribution in [0.3, 0.4) is 0 Å². The van der Waals surface area contributed by atoms with E-state index in [1.54, 1.807) is 6.92 Å². The molecule has 2 rings (SSSR count). The summed E-state index contributed by atoms with van der Waals surface area (Å²) in [5.41, 5.74) is 0.337. The molecule has 0 aliphatic rings. The van der Waals surface area contributed by atoms with Crippen molar-refractivity contribution in [3.63, 3.8) is 0 Å². The van der Waals surface area contributed by atoms with Crippen molar-refractivity contribution in [3.05, 3.63) is 81.9 Å². The summed E-state index contributed by atoms with van der Waals surface area (Å²) in [7, 11) is 0. The van der Waals surface area contributed by atoms with Crippen LogP contribution in [0.15, 0.2) is 60.7 Å². The Labute approximate surface area is 176 Å². The first-order chi connectivity index (χ1) is 14.4. The number of carbonyl (C=O) groups excluding carboxylic acids is 2. The summed E-state index contributed by atoms with van der Waals surface area (Å²) >= 11 is 0. The number of ether oxygens (including phenoxy) is 2. The van der Waals surface area contributed by atoms with Gasteiger partial charge in [-0.05, 0) is 11.1 Å². The first kappa shape index (κ1) is 23.1. The third-order valence-electron chi connectivity index (χ3n) is 5.12. The molecule has 2 aromatic rings. The van der Waals surface area contributed by atoms with Crippen LogP contribution in [-0.2, 0) is 32.3 Å². The minimum Gasteiger partial charge on any atom is -0.461 e. The Morgan fingerprint density at radius 2 is 1.23 bits per heavy atom. The van der Waals surface area contributed by atoms with Crippen LogP contribution in [-0.4, -0.2) is 22.4 Å². The van der Waals surface area contributed by atoms with E-state index in [1.165, 1.54) is 0 Å². The third kappa shape index (κ3) is 7.31. The molecule has 0 fully saturated rings. The minimum absolute atomic E-state index is 0.0100. The van der Waals surface area contributed by atoms with Crippen molar-refractivity contribution in [2.45, 2.75) is 57.8 Å². The SMILES string of the molecule is CCC(CCC(=O)OCc1ccccc1)(CCC(=O)OCc1ccccc1)[N+](=O)[O-]. The lowest BCUT2D eigenvalue weighted by molar-refractivity contribution is -0.573. The summed E-state index contributed by atoms with van der Waals surface area (Å²) in [4.78, 5) is 35.5. The van der Waals surface area contributed by atoms with Gasteiger partial charge in [-0.3, -0.25) is 19.7 Å². The molecular formula is C23H27NO6. The number of carbonyl (C=O) groups is 2. The Kier molecular flexibility index (Phi) is 9.00. The molecule has 0 heterocycles. The van der Waals surface area contributed by atoms with E-state index in [0.717, 1.165) is 11.1 Å². The molecule has 0 atom stereocenters. The van der Waals surface area contributed by atoms with Gasteiger partial charge in [-0.15, -0.1) is 0 Å². The van der Waals surface area contributed by atoms with Crippen molar-refractivity contribution in [2.75, 3.05) is 0 Å². The van der Waals surface area contributed by atoms with E-state index in [-0.39, 0.29) is 50.2 Å². The number of rotatable bonds is 12. The first-order valence-corrected chi connectivity index (χ1v) is 9.99. The number of benzene rings is 2. The Balaban J connectivity index is 1.82. The van der Waals surface area contributed by atoms with Gasteiger partial charge in [-0.1, -0.05) is 67.6 Å². The molecule has 0 spiro atoms. The molecule has 0 unspecified atom stereocenters. The summed E-state index contributed by atoms with van der Waals surface area (Å²) < 4.78 is 10.4. The molecule has 2 aromatic carbocycles. The van der Waals surface area contributed by atoms with Gasteiger partial charge in [0.2, 0.25) is 5.54 Å². The Bertz CT molecular complexity index is 763. The largest absolute Gasteiger partial charge is 0.461 e. The van der Waals surface area contributed by atoms with E-state index < -0.39 is 17.5 Å². The van der Waals surface area contributed by atoms with Crippen LogP contribution in [0, 0.1) is 10.1 Å². The third-order valence-corrected chi connectivity index (χ3v) is 5.12. The van der Waals surface area contributed by atoms with Crippen LogP contribution >= 0.6 is 0 Å². The average molecular weight is 413 g/mol. The molecule has 0 bridgehead atoms. The monoisotopic (exact) mass is 413 g/mol. The zero-order valence-electron chi connectivity index (χ0n) is 17.1. The van der Waals surface area contributed by atoms with Crippen molar-refractivity contribution in [3.8, 4) is 0 Å². The fourth-order valence-electron chi connectivity index (χ4n) is 3.08. The zero-order valence-corrected chi connectivity index (χ0v) is 17.1. The van der Waals surface area contributed by atoms with Crippen molar-refractivity contribution >= 4 is 11.9 Å². The predicted molar refractivity (Wildman–Crippen MR) is 111 cm³/mol. The first-order valence-electron chi connectivity index (χ1n) is 9.99. The average Bonchev–Trinajstić information content (AvgIpc) is 2.78. The second-order valence-corrected chi connectivity index (χ2v) is 7.13. The molecule has 0 saturated carbocycles. The maximum Gasteiger partial charge on any atom is 0.306 e. The Morgan fingerprint density at radius 3 is 1.57 bits per heavy atom. The summed E-state index contributed by atoms with van der Waals surface area (Å²) in [5.74, 6) is -0.990. The van der Waals surface area contributed by atoms with Gasteiger partial charge in [0, 0.05) is 24.2 Å². The molecule has 160 valence electrons. The molecule has 0 amide bonds. The molecular weight excluding hydrogens is 386 g/mol. The van der Waals surface area contributed by atoms with Crippen LogP contribution in [0.1, 0.15) is 50.2 Å². The van der Waals surface area contributed by atoms with E-state index in [1.807, 2.05) is 60.7 Å². The van der Waals surface area contributed by atoms with E-state index in [0.29, 0.717) is 0 Å². The quantitative estimate of drug-likeness (QED) is 0.290. The van der Waals surface area contributed by atoms with Gasteiger partial charge in [-0.2, -0.15) is 0 Å². The number of esters is 2. The summed E-state index contributed by atoms with van der Waals surface area (Å²) in [6.07, 6.45) is 0.0611. The van der Waals surface area contributed by atoms with Gasteiger partial charge < -0.3 is 9.47 Å². The van der Waals surface area contributed by atoms with Crippen LogP contribution in [0.5, 0.6) is 0 Å². The topological polar surface area (TPSA) is 95.7 Å². The smallest absolute Gasteiger partial charge is 0.306 e. The van der Waals surface area contributed by atoms with Crippen LogP contribution in [0.4, 0.5) is 0 Å². The van der Waals surface area contributed by atoms with Gasteiger partial charge >= 0.3 is 11.9 Å². The van der Waals surface area contributed by atoms with Crippen LogP contribution in [0.2, 0.25) is 0 Å². The van der Waals surface area contributed by atoms with E-state index in [2.05, 4.69) is 0 Å². The van der Waals surface area contributed by atoms with E-state index >= 15 is 0 Å². The second kappa shape index (κ2) is 11.7. The molecule has 7 heteroatoms. The highest BCUT2D eigenvalue weighted by Gasteiger charge is 2.41. The van der Waals surface area contributed by atoms with E-state index in [4.69, 9.17) is 9.47 Å².